The van der Waals surface area contributed by atoms with Gasteiger partial charge < -0.3 is 9.47 Å². The molecule has 0 aliphatic carbocycles. The average Bonchev–Trinajstić information content (AvgIpc) is 2.77. The van der Waals surface area contributed by atoms with E-state index in [1.807, 2.05) is 49.4 Å². The second-order valence-corrected chi connectivity index (χ2v) is 6.15. The molecule has 5 heteroatoms. The Kier molecular flexibility index (Phi) is 6.52. The van der Waals surface area contributed by atoms with E-state index in [0.717, 1.165) is 11.1 Å². The van der Waals surface area contributed by atoms with E-state index in [1.54, 1.807) is 36.7 Å². The van der Waals surface area contributed by atoms with Crippen LogP contribution in [-0.2, 0) is 9.53 Å². The molecule has 5 nitrogen and oxygen atoms in total. The maximum atomic E-state index is 12.4. The van der Waals surface area contributed by atoms with Gasteiger partial charge in [-0.3, -0.25) is 9.78 Å². The second kappa shape index (κ2) is 9.46. The van der Waals surface area contributed by atoms with E-state index in [-0.39, 0.29) is 12.4 Å². The highest BCUT2D eigenvalue weighted by atomic mass is 16.6. The lowest BCUT2D eigenvalue weighted by atomic mass is 10.0. The molecule has 0 spiro atoms. The molecular weight excluding hydrogens is 354 g/mol. The summed E-state index contributed by atoms with van der Waals surface area (Å²) in [6.45, 7) is 1.59. The summed E-state index contributed by atoms with van der Waals surface area (Å²) in [7, 11) is 0. The molecule has 0 saturated carbocycles. The first-order valence-corrected chi connectivity index (χ1v) is 9.07. The van der Waals surface area contributed by atoms with Crippen LogP contribution >= 0.6 is 0 Å². The van der Waals surface area contributed by atoms with Gasteiger partial charge in [0.15, 0.2) is 18.5 Å². The molecule has 0 saturated heterocycles. The van der Waals surface area contributed by atoms with Gasteiger partial charge in [-0.1, -0.05) is 37.3 Å². The van der Waals surface area contributed by atoms with Crippen LogP contribution in [0.25, 0.3) is 0 Å². The molecule has 1 unspecified atom stereocenters. The van der Waals surface area contributed by atoms with Crippen LogP contribution in [0.2, 0.25) is 0 Å². The van der Waals surface area contributed by atoms with Gasteiger partial charge in [-0.2, -0.15) is 0 Å². The number of pyridine rings is 1. The van der Waals surface area contributed by atoms with E-state index in [2.05, 4.69) is 4.98 Å². The standard InChI is InChI=1S/C23H21NO4/c1-2-21(25)17-8-10-20(11-9-17)27-16-22(26)28-23(18-6-4-3-5-7-18)19-12-14-24-15-13-19/h3-15,23H,2,16H2,1H3. The third kappa shape index (κ3) is 5.04. The van der Waals surface area contributed by atoms with Gasteiger partial charge in [0, 0.05) is 29.9 Å². The Labute approximate surface area is 164 Å². The average molecular weight is 375 g/mol. The smallest absolute Gasteiger partial charge is 0.345 e. The zero-order valence-corrected chi connectivity index (χ0v) is 15.6. The number of carbonyl (C=O) groups excluding carboxylic acids is 2. The molecule has 1 heterocycles. The molecule has 0 fully saturated rings. The zero-order valence-electron chi connectivity index (χ0n) is 15.6. The number of ether oxygens (including phenoxy) is 2. The molecule has 0 N–H and O–H groups in total. The van der Waals surface area contributed by atoms with Crippen LogP contribution in [0, 0.1) is 0 Å². The number of hydrogen-bond donors (Lipinski definition) is 0. The zero-order chi connectivity index (χ0) is 19.8. The number of carbonyl (C=O) groups is 2. The predicted octanol–water partition coefficient (Wildman–Crippen LogP) is 4.39. The van der Waals surface area contributed by atoms with Crippen LogP contribution in [0.5, 0.6) is 5.75 Å². The summed E-state index contributed by atoms with van der Waals surface area (Å²) in [6.07, 6.45) is 3.23. The van der Waals surface area contributed by atoms with Gasteiger partial charge in [0.25, 0.3) is 0 Å². The van der Waals surface area contributed by atoms with Gasteiger partial charge in [-0.05, 0) is 42.0 Å². The van der Waals surface area contributed by atoms with Crippen molar-refractivity contribution in [3.05, 3.63) is 95.8 Å². The highest BCUT2D eigenvalue weighted by Crippen LogP contribution is 2.25. The van der Waals surface area contributed by atoms with Crippen LogP contribution in [0.15, 0.2) is 79.1 Å². The number of benzene rings is 2. The SMILES string of the molecule is CCC(=O)c1ccc(OCC(=O)OC(c2ccccc2)c2ccncc2)cc1. The lowest BCUT2D eigenvalue weighted by Gasteiger charge is -2.19. The molecule has 3 aromatic rings. The minimum absolute atomic E-state index is 0.0639. The summed E-state index contributed by atoms with van der Waals surface area (Å²) in [5, 5.41) is 0. The molecule has 1 aromatic heterocycles. The highest BCUT2D eigenvalue weighted by molar-refractivity contribution is 5.95. The van der Waals surface area contributed by atoms with Crippen LogP contribution in [0.1, 0.15) is 40.9 Å². The number of nitrogens with zero attached hydrogens (tertiary/aromatic N) is 1. The van der Waals surface area contributed by atoms with Crippen molar-refractivity contribution in [2.45, 2.75) is 19.4 Å². The van der Waals surface area contributed by atoms with Crippen LogP contribution in [-0.4, -0.2) is 23.3 Å². The molecule has 0 amide bonds. The van der Waals surface area contributed by atoms with Gasteiger partial charge in [-0.25, -0.2) is 4.79 Å². The topological polar surface area (TPSA) is 65.5 Å². The number of hydrogen-bond acceptors (Lipinski definition) is 5. The fourth-order valence-electron chi connectivity index (χ4n) is 2.74. The molecule has 1 atom stereocenters. The molecule has 28 heavy (non-hydrogen) atoms. The molecule has 2 aromatic carbocycles. The summed E-state index contributed by atoms with van der Waals surface area (Å²) in [4.78, 5) is 28.1. The molecule has 3 rings (SSSR count). The minimum atomic E-state index is -0.537. The summed E-state index contributed by atoms with van der Waals surface area (Å²) >= 11 is 0. The fraction of sp³-hybridized carbons (Fsp3) is 0.174. The van der Waals surface area contributed by atoms with Crippen molar-refractivity contribution in [3.8, 4) is 5.75 Å². The second-order valence-electron chi connectivity index (χ2n) is 6.15. The molecule has 0 radical (unpaired) electrons. The number of esters is 1. The van der Waals surface area contributed by atoms with Gasteiger partial charge in [0.2, 0.25) is 0 Å². The Bertz CT molecular complexity index is 869. The Hall–Kier alpha value is -3.47. The van der Waals surface area contributed by atoms with Crippen molar-refractivity contribution in [1.29, 1.82) is 0 Å². The van der Waals surface area contributed by atoms with Crippen molar-refractivity contribution >= 4 is 11.8 Å². The van der Waals surface area contributed by atoms with E-state index in [4.69, 9.17) is 9.47 Å². The number of rotatable bonds is 8. The first kappa shape index (κ1) is 19.3. The largest absolute Gasteiger partial charge is 0.482 e. The van der Waals surface area contributed by atoms with Gasteiger partial charge in [-0.15, -0.1) is 0 Å². The Morgan fingerprint density at radius 2 is 1.54 bits per heavy atom. The van der Waals surface area contributed by atoms with Crippen molar-refractivity contribution in [1.82, 2.24) is 4.98 Å². The summed E-state index contributed by atoms with van der Waals surface area (Å²) in [5.74, 6) is 0.0816. The molecular formula is C23H21NO4. The van der Waals surface area contributed by atoms with E-state index in [1.165, 1.54) is 0 Å². The quantitative estimate of drug-likeness (QED) is 0.432. The number of aromatic nitrogens is 1. The van der Waals surface area contributed by atoms with Crippen molar-refractivity contribution in [2.24, 2.45) is 0 Å². The van der Waals surface area contributed by atoms with E-state index in [9.17, 15) is 9.59 Å². The van der Waals surface area contributed by atoms with Crippen LogP contribution in [0.4, 0.5) is 0 Å². The van der Waals surface area contributed by atoms with Crippen LogP contribution < -0.4 is 4.74 Å². The molecule has 142 valence electrons. The maximum absolute atomic E-state index is 12.4. The Balaban J connectivity index is 1.65. The third-order valence-electron chi connectivity index (χ3n) is 4.21. The third-order valence-corrected chi connectivity index (χ3v) is 4.21. The van der Waals surface area contributed by atoms with Crippen molar-refractivity contribution in [2.75, 3.05) is 6.61 Å². The Morgan fingerprint density at radius 1 is 0.893 bits per heavy atom. The molecule has 0 aliphatic heterocycles. The van der Waals surface area contributed by atoms with Crippen LogP contribution in [0.3, 0.4) is 0 Å². The van der Waals surface area contributed by atoms with E-state index >= 15 is 0 Å². The van der Waals surface area contributed by atoms with E-state index < -0.39 is 12.1 Å². The fourth-order valence-corrected chi connectivity index (χ4v) is 2.74. The van der Waals surface area contributed by atoms with Crippen molar-refractivity contribution in [3.63, 3.8) is 0 Å². The normalized spacial score (nSPS) is 11.5. The lowest BCUT2D eigenvalue weighted by Crippen LogP contribution is -2.19. The minimum Gasteiger partial charge on any atom is -0.482 e. The Morgan fingerprint density at radius 3 is 2.18 bits per heavy atom. The predicted molar refractivity (Wildman–Crippen MR) is 105 cm³/mol. The first-order valence-electron chi connectivity index (χ1n) is 9.07. The van der Waals surface area contributed by atoms with E-state index in [0.29, 0.717) is 17.7 Å². The van der Waals surface area contributed by atoms with Gasteiger partial charge in [0.05, 0.1) is 0 Å². The summed E-state index contributed by atoms with van der Waals surface area (Å²) < 4.78 is 11.2. The number of Topliss-reactive ketones (excluding diaryl/α,β-unsaturated/α-hetero) is 1. The number of ketones is 1. The monoisotopic (exact) mass is 375 g/mol. The first-order chi connectivity index (χ1) is 13.7. The molecule has 0 aliphatic rings. The highest BCUT2D eigenvalue weighted by Gasteiger charge is 2.19. The lowest BCUT2D eigenvalue weighted by molar-refractivity contribution is -0.150. The summed E-state index contributed by atoms with van der Waals surface area (Å²) in [6, 6.07) is 19.9. The summed E-state index contributed by atoms with van der Waals surface area (Å²) in [5.41, 5.74) is 2.32. The molecule has 0 bridgehead atoms. The van der Waals surface area contributed by atoms with Gasteiger partial charge in [0.1, 0.15) is 5.75 Å². The maximum Gasteiger partial charge on any atom is 0.345 e. The van der Waals surface area contributed by atoms with Gasteiger partial charge >= 0.3 is 5.97 Å². The van der Waals surface area contributed by atoms with Crippen molar-refractivity contribution < 1.29 is 19.1 Å².